The molecule has 0 saturated heterocycles. The van der Waals surface area contributed by atoms with Gasteiger partial charge in [-0.05, 0) is 45.2 Å². The van der Waals surface area contributed by atoms with Crippen LogP contribution in [0.3, 0.4) is 0 Å². The molecule has 1 amide bonds. The molecule has 0 bridgehead atoms. The number of hydrogen-bond acceptors (Lipinski definition) is 4. The molecule has 5 aromatic carbocycles. The van der Waals surface area contributed by atoms with E-state index in [0.717, 1.165) is 16.3 Å². The van der Waals surface area contributed by atoms with Crippen molar-refractivity contribution in [3.63, 3.8) is 0 Å². The lowest BCUT2D eigenvalue weighted by Crippen LogP contribution is -2.43. The molecule has 0 aliphatic carbocycles. The van der Waals surface area contributed by atoms with Crippen molar-refractivity contribution in [1.82, 2.24) is 5.43 Å². The molecule has 0 aliphatic heterocycles. The number of aliphatic hydroxyl groups is 1. The third-order valence-electron chi connectivity index (χ3n) is 6.36. The first-order valence-electron chi connectivity index (χ1n) is 12.2. The number of amides is 1. The zero-order valence-electron chi connectivity index (χ0n) is 20.7. The third kappa shape index (κ3) is 5.66. The number of nitrogens with zero attached hydrogens (tertiary/aromatic N) is 1. The summed E-state index contributed by atoms with van der Waals surface area (Å²) in [6.07, 6.45) is 1.40. The highest BCUT2D eigenvalue weighted by molar-refractivity contribution is 6.37. The van der Waals surface area contributed by atoms with Crippen LogP contribution < -0.4 is 10.2 Å². The first kappa shape index (κ1) is 26.4. The van der Waals surface area contributed by atoms with E-state index in [1.165, 1.54) is 6.21 Å². The van der Waals surface area contributed by atoms with Crippen LogP contribution >= 0.6 is 23.2 Å². The first-order chi connectivity index (χ1) is 19.0. The van der Waals surface area contributed by atoms with E-state index in [2.05, 4.69) is 10.5 Å². The zero-order chi connectivity index (χ0) is 27.2. The van der Waals surface area contributed by atoms with Crippen molar-refractivity contribution in [3.8, 4) is 5.75 Å². The van der Waals surface area contributed by atoms with Gasteiger partial charge in [0.2, 0.25) is 0 Å². The van der Waals surface area contributed by atoms with E-state index in [0.29, 0.717) is 39.1 Å². The van der Waals surface area contributed by atoms with Gasteiger partial charge in [-0.2, -0.15) is 5.10 Å². The molecule has 0 saturated carbocycles. The van der Waals surface area contributed by atoms with Crippen LogP contribution in [0.1, 0.15) is 22.3 Å². The van der Waals surface area contributed by atoms with Gasteiger partial charge in [-0.1, -0.05) is 126 Å². The Hall–Kier alpha value is -4.16. The highest BCUT2D eigenvalue weighted by Gasteiger charge is 2.39. The van der Waals surface area contributed by atoms with Crippen molar-refractivity contribution in [3.05, 3.63) is 148 Å². The van der Waals surface area contributed by atoms with Gasteiger partial charge in [-0.15, -0.1) is 0 Å². The SMILES string of the molecule is O=C(N/N=C/c1cc(Cl)c(OCc2cccc3ccccc23)c(Cl)c1)C(O)(c1ccccc1)c1ccccc1. The second-order valence-corrected chi connectivity index (χ2v) is 9.70. The Morgan fingerprint density at radius 3 is 2.03 bits per heavy atom. The van der Waals surface area contributed by atoms with E-state index in [9.17, 15) is 9.90 Å². The predicted molar refractivity (Wildman–Crippen MR) is 156 cm³/mol. The Morgan fingerprint density at radius 1 is 0.821 bits per heavy atom. The van der Waals surface area contributed by atoms with Gasteiger partial charge in [0.25, 0.3) is 5.91 Å². The quantitative estimate of drug-likeness (QED) is 0.158. The summed E-state index contributed by atoms with van der Waals surface area (Å²) < 4.78 is 5.99. The van der Waals surface area contributed by atoms with Gasteiger partial charge in [-0.3, -0.25) is 4.79 Å². The fourth-order valence-electron chi connectivity index (χ4n) is 4.39. The number of benzene rings is 5. The molecule has 0 aliphatic rings. The number of rotatable bonds is 8. The molecule has 5 aromatic rings. The Morgan fingerprint density at radius 2 is 1.38 bits per heavy atom. The van der Waals surface area contributed by atoms with Gasteiger partial charge >= 0.3 is 0 Å². The molecule has 39 heavy (non-hydrogen) atoms. The normalized spacial score (nSPS) is 11.6. The predicted octanol–water partition coefficient (Wildman–Crippen LogP) is 7.11. The van der Waals surface area contributed by atoms with Crippen LogP contribution in [0.2, 0.25) is 10.0 Å². The van der Waals surface area contributed by atoms with E-state index in [1.807, 2.05) is 54.6 Å². The fraction of sp³-hybridized carbons (Fsp3) is 0.0625. The Bertz CT molecular complexity index is 1570. The van der Waals surface area contributed by atoms with E-state index in [4.69, 9.17) is 27.9 Å². The van der Waals surface area contributed by atoms with Crippen LogP contribution in [0, 0.1) is 0 Å². The molecule has 0 radical (unpaired) electrons. The molecule has 5 rings (SSSR count). The Balaban J connectivity index is 1.32. The van der Waals surface area contributed by atoms with Crippen molar-refractivity contribution >= 4 is 46.1 Å². The molecule has 2 N–H and O–H groups in total. The number of carbonyl (C=O) groups excluding carboxylic acids is 1. The molecule has 7 heteroatoms. The number of fused-ring (bicyclic) bond motifs is 1. The molecule has 5 nitrogen and oxygen atoms in total. The number of hydrazone groups is 1. The highest BCUT2D eigenvalue weighted by atomic mass is 35.5. The van der Waals surface area contributed by atoms with E-state index >= 15 is 0 Å². The average molecular weight is 555 g/mol. The molecule has 0 spiro atoms. The number of nitrogens with one attached hydrogen (secondary N) is 1. The fourth-order valence-corrected chi connectivity index (χ4v) is 5.01. The summed E-state index contributed by atoms with van der Waals surface area (Å²) in [5.74, 6) is -0.349. The summed E-state index contributed by atoms with van der Waals surface area (Å²) in [6.45, 7) is 0.293. The van der Waals surface area contributed by atoms with Crippen molar-refractivity contribution in [1.29, 1.82) is 0 Å². The molecule has 0 fully saturated rings. The standard InChI is InChI=1S/C32H24Cl2N2O3/c33-28-18-22(19-29(34)30(28)39-21-24-12-9-11-23-10-7-8-17-27(23)24)20-35-36-31(37)32(38,25-13-3-1-4-14-25)26-15-5-2-6-16-26/h1-20,38H,21H2,(H,36,37)/b35-20+. The lowest BCUT2D eigenvalue weighted by molar-refractivity contribution is -0.136. The molecular formula is C32H24Cl2N2O3. The van der Waals surface area contributed by atoms with Crippen molar-refractivity contribution < 1.29 is 14.6 Å². The maximum absolute atomic E-state index is 13.2. The van der Waals surface area contributed by atoms with Crippen LogP contribution in [0.4, 0.5) is 0 Å². The van der Waals surface area contributed by atoms with Crippen molar-refractivity contribution in [2.24, 2.45) is 5.10 Å². The number of carbonyl (C=O) groups is 1. The van der Waals surface area contributed by atoms with Gasteiger partial charge in [0.05, 0.1) is 16.3 Å². The smallest absolute Gasteiger partial charge is 0.281 e. The van der Waals surface area contributed by atoms with E-state index in [1.54, 1.807) is 60.7 Å². The molecular weight excluding hydrogens is 531 g/mol. The minimum Gasteiger partial charge on any atom is -0.486 e. The summed E-state index contributed by atoms with van der Waals surface area (Å²) in [7, 11) is 0. The lowest BCUT2D eigenvalue weighted by atomic mass is 9.85. The highest BCUT2D eigenvalue weighted by Crippen LogP contribution is 2.35. The summed E-state index contributed by atoms with van der Waals surface area (Å²) in [5.41, 5.74) is 2.91. The summed E-state index contributed by atoms with van der Waals surface area (Å²) in [6, 6.07) is 34.8. The second kappa shape index (κ2) is 11.7. The van der Waals surface area contributed by atoms with Crippen LogP contribution in [0.5, 0.6) is 5.75 Å². The Kier molecular flexibility index (Phi) is 7.94. The van der Waals surface area contributed by atoms with Crippen LogP contribution in [0.25, 0.3) is 10.8 Å². The maximum atomic E-state index is 13.2. The number of halogens is 2. The van der Waals surface area contributed by atoms with Crippen LogP contribution in [0.15, 0.2) is 120 Å². The zero-order valence-corrected chi connectivity index (χ0v) is 22.2. The molecule has 0 heterocycles. The molecule has 0 unspecified atom stereocenters. The third-order valence-corrected chi connectivity index (χ3v) is 6.93. The lowest BCUT2D eigenvalue weighted by Gasteiger charge is -2.27. The molecule has 0 aromatic heterocycles. The maximum Gasteiger partial charge on any atom is 0.281 e. The van der Waals surface area contributed by atoms with Gasteiger partial charge in [0.1, 0.15) is 6.61 Å². The van der Waals surface area contributed by atoms with Crippen molar-refractivity contribution in [2.45, 2.75) is 12.2 Å². The second-order valence-electron chi connectivity index (χ2n) is 8.88. The molecule has 0 atom stereocenters. The van der Waals surface area contributed by atoms with E-state index in [-0.39, 0.29) is 0 Å². The Labute approximate surface area is 236 Å². The number of hydrogen-bond donors (Lipinski definition) is 2. The summed E-state index contributed by atoms with van der Waals surface area (Å²) in [5, 5.41) is 18.4. The summed E-state index contributed by atoms with van der Waals surface area (Å²) >= 11 is 13.0. The number of ether oxygens (including phenoxy) is 1. The average Bonchev–Trinajstić information content (AvgIpc) is 2.97. The van der Waals surface area contributed by atoms with E-state index < -0.39 is 11.5 Å². The van der Waals surface area contributed by atoms with Crippen molar-refractivity contribution in [2.75, 3.05) is 0 Å². The van der Waals surface area contributed by atoms with Gasteiger partial charge < -0.3 is 9.84 Å². The van der Waals surface area contributed by atoms with Crippen LogP contribution in [-0.2, 0) is 17.0 Å². The van der Waals surface area contributed by atoms with Gasteiger partial charge in [-0.25, -0.2) is 5.43 Å². The first-order valence-corrected chi connectivity index (χ1v) is 13.0. The largest absolute Gasteiger partial charge is 0.486 e. The summed E-state index contributed by atoms with van der Waals surface area (Å²) in [4.78, 5) is 13.2. The minimum absolute atomic E-state index is 0.293. The topological polar surface area (TPSA) is 70.9 Å². The van der Waals surface area contributed by atoms with Gasteiger partial charge in [0.15, 0.2) is 11.4 Å². The molecule has 194 valence electrons. The minimum atomic E-state index is -1.94. The monoisotopic (exact) mass is 554 g/mol. The van der Waals surface area contributed by atoms with Crippen LogP contribution in [-0.4, -0.2) is 17.2 Å². The van der Waals surface area contributed by atoms with Gasteiger partial charge in [0, 0.05) is 0 Å².